The molecule has 1 atom stereocenters. The molecule has 21 heavy (non-hydrogen) atoms. The minimum Gasteiger partial charge on any atom is -0.392 e. The summed E-state index contributed by atoms with van der Waals surface area (Å²) < 4.78 is 1.93. The van der Waals surface area contributed by atoms with E-state index in [0.29, 0.717) is 11.3 Å². The molecule has 1 saturated carbocycles. The SMILES string of the molecule is CCc1cc(CC(O)C2CCC(C(C)(C)C)CC2)n(C)n1. The van der Waals surface area contributed by atoms with E-state index >= 15 is 0 Å². The number of aliphatic hydroxyl groups excluding tert-OH is 1. The Morgan fingerprint density at radius 1 is 1.29 bits per heavy atom. The Balaban J connectivity index is 1.90. The monoisotopic (exact) mass is 292 g/mol. The molecule has 1 N–H and O–H groups in total. The van der Waals surface area contributed by atoms with Crippen LogP contribution in [0.25, 0.3) is 0 Å². The molecule has 1 aliphatic rings. The van der Waals surface area contributed by atoms with E-state index in [1.165, 1.54) is 25.7 Å². The first-order valence-electron chi connectivity index (χ1n) is 8.51. The highest BCUT2D eigenvalue weighted by Crippen LogP contribution is 2.41. The van der Waals surface area contributed by atoms with Gasteiger partial charge in [0.25, 0.3) is 0 Å². The van der Waals surface area contributed by atoms with Crippen LogP contribution in [0.3, 0.4) is 0 Å². The van der Waals surface area contributed by atoms with Crippen LogP contribution in [0.4, 0.5) is 0 Å². The standard InChI is InChI=1S/C18H32N2O/c1-6-15-11-16(20(5)19-15)12-17(21)13-7-9-14(10-8-13)18(2,3)4/h11,13-14,17,21H,6-10,12H2,1-5H3. The molecule has 0 radical (unpaired) electrons. The van der Waals surface area contributed by atoms with Crippen molar-refractivity contribution < 1.29 is 5.11 Å². The van der Waals surface area contributed by atoms with Crippen LogP contribution in [0, 0.1) is 17.3 Å². The van der Waals surface area contributed by atoms with Crippen molar-refractivity contribution in [3.8, 4) is 0 Å². The van der Waals surface area contributed by atoms with Gasteiger partial charge < -0.3 is 5.11 Å². The van der Waals surface area contributed by atoms with E-state index in [1.54, 1.807) is 0 Å². The molecular formula is C18H32N2O. The summed E-state index contributed by atoms with van der Waals surface area (Å²) in [7, 11) is 1.98. The van der Waals surface area contributed by atoms with Crippen molar-refractivity contribution in [2.75, 3.05) is 0 Å². The number of nitrogens with zero attached hydrogens (tertiary/aromatic N) is 2. The summed E-state index contributed by atoms with van der Waals surface area (Å²) in [4.78, 5) is 0. The van der Waals surface area contributed by atoms with E-state index in [9.17, 15) is 5.11 Å². The zero-order valence-corrected chi connectivity index (χ0v) is 14.4. The van der Waals surface area contributed by atoms with Crippen molar-refractivity contribution in [2.24, 2.45) is 24.3 Å². The molecule has 0 amide bonds. The fourth-order valence-electron chi connectivity index (χ4n) is 3.69. The predicted octanol–water partition coefficient (Wildman–Crippen LogP) is 3.74. The van der Waals surface area contributed by atoms with Crippen LogP contribution >= 0.6 is 0 Å². The molecule has 1 aromatic heterocycles. The predicted molar refractivity (Wildman–Crippen MR) is 87.2 cm³/mol. The van der Waals surface area contributed by atoms with Gasteiger partial charge >= 0.3 is 0 Å². The summed E-state index contributed by atoms with van der Waals surface area (Å²) >= 11 is 0. The number of hydrogen-bond acceptors (Lipinski definition) is 2. The molecule has 1 heterocycles. The quantitative estimate of drug-likeness (QED) is 0.918. The van der Waals surface area contributed by atoms with E-state index in [0.717, 1.165) is 30.1 Å². The average molecular weight is 292 g/mol. The molecule has 0 aromatic carbocycles. The maximum Gasteiger partial charge on any atom is 0.0624 e. The Bertz CT molecular complexity index is 450. The molecule has 0 spiro atoms. The lowest BCUT2D eigenvalue weighted by Crippen LogP contribution is -2.32. The molecule has 120 valence electrons. The van der Waals surface area contributed by atoms with Gasteiger partial charge in [0.1, 0.15) is 0 Å². The average Bonchev–Trinajstić information content (AvgIpc) is 2.78. The Morgan fingerprint density at radius 3 is 2.38 bits per heavy atom. The van der Waals surface area contributed by atoms with E-state index < -0.39 is 0 Å². The molecule has 2 rings (SSSR count). The highest BCUT2D eigenvalue weighted by atomic mass is 16.3. The smallest absolute Gasteiger partial charge is 0.0624 e. The summed E-state index contributed by atoms with van der Waals surface area (Å²) in [5.41, 5.74) is 2.70. The second-order valence-corrected chi connectivity index (χ2v) is 7.85. The molecule has 1 fully saturated rings. The van der Waals surface area contributed by atoms with Gasteiger partial charge in [-0.15, -0.1) is 0 Å². The largest absolute Gasteiger partial charge is 0.392 e. The fourth-order valence-corrected chi connectivity index (χ4v) is 3.69. The maximum atomic E-state index is 10.6. The van der Waals surface area contributed by atoms with E-state index in [2.05, 4.69) is 38.9 Å². The zero-order chi connectivity index (χ0) is 15.6. The Labute approximate surface area is 129 Å². The van der Waals surface area contributed by atoms with Gasteiger partial charge in [0.05, 0.1) is 11.8 Å². The highest BCUT2D eigenvalue weighted by Gasteiger charge is 2.32. The Kier molecular flexibility index (Phi) is 5.13. The van der Waals surface area contributed by atoms with Gasteiger partial charge in [-0.2, -0.15) is 5.10 Å². The van der Waals surface area contributed by atoms with E-state index in [-0.39, 0.29) is 6.10 Å². The number of rotatable bonds is 4. The number of aliphatic hydroxyl groups is 1. The minimum absolute atomic E-state index is 0.217. The summed E-state index contributed by atoms with van der Waals surface area (Å²) in [6.07, 6.45) is 6.34. The van der Waals surface area contributed by atoms with Gasteiger partial charge in [-0.3, -0.25) is 4.68 Å². The molecular weight excluding hydrogens is 260 g/mol. The molecule has 3 nitrogen and oxygen atoms in total. The fraction of sp³-hybridized carbons (Fsp3) is 0.833. The Morgan fingerprint density at radius 2 is 1.90 bits per heavy atom. The van der Waals surface area contributed by atoms with Crippen molar-refractivity contribution in [1.82, 2.24) is 9.78 Å². The second-order valence-electron chi connectivity index (χ2n) is 7.85. The first kappa shape index (κ1) is 16.5. The van der Waals surface area contributed by atoms with E-state index in [1.807, 2.05) is 11.7 Å². The van der Waals surface area contributed by atoms with Crippen LogP contribution in [0.5, 0.6) is 0 Å². The number of aromatic nitrogens is 2. The van der Waals surface area contributed by atoms with Crippen LogP contribution in [0.15, 0.2) is 6.07 Å². The summed E-state index contributed by atoms with van der Waals surface area (Å²) in [6, 6.07) is 2.14. The van der Waals surface area contributed by atoms with Gasteiger partial charge in [0.2, 0.25) is 0 Å². The van der Waals surface area contributed by atoms with Crippen molar-refractivity contribution >= 4 is 0 Å². The number of hydrogen-bond donors (Lipinski definition) is 1. The van der Waals surface area contributed by atoms with E-state index in [4.69, 9.17) is 0 Å². The topological polar surface area (TPSA) is 38.0 Å². The Hall–Kier alpha value is -0.830. The van der Waals surface area contributed by atoms with Gasteiger partial charge in [-0.05, 0) is 55.4 Å². The molecule has 1 aliphatic carbocycles. The molecule has 0 aliphatic heterocycles. The second kappa shape index (κ2) is 6.51. The third-order valence-corrected chi connectivity index (χ3v) is 5.35. The van der Waals surface area contributed by atoms with Crippen molar-refractivity contribution in [3.63, 3.8) is 0 Å². The zero-order valence-electron chi connectivity index (χ0n) is 14.4. The first-order valence-corrected chi connectivity index (χ1v) is 8.51. The molecule has 1 unspecified atom stereocenters. The molecule has 0 bridgehead atoms. The third-order valence-electron chi connectivity index (χ3n) is 5.35. The lowest BCUT2D eigenvalue weighted by Gasteiger charge is -2.38. The molecule has 3 heteroatoms. The first-order chi connectivity index (χ1) is 9.81. The summed E-state index contributed by atoms with van der Waals surface area (Å²) in [5, 5.41) is 15.1. The van der Waals surface area contributed by atoms with Crippen LogP contribution in [-0.4, -0.2) is 21.0 Å². The van der Waals surface area contributed by atoms with Crippen LogP contribution in [-0.2, 0) is 19.9 Å². The van der Waals surface area contributed by atoms with Gasteiger partial charge in [0, 0.05) is 19.2 Å². The normalized spacial score (nSPS) is 25.0. The lowest BCUT2D eigenvalue weighted by molar-refractivity contribution is 0.0526. The van der Waals surface area contributed by atoms with Crippen LogP contribution in [0.2, 0.25) is 0 Å². The van der Waals surface area contributed by atoms with Gasteiger partial charge in [-0.25, -0.2) is 0 Å². The van der Waals surface area contributed by atoms with Crippen LogP contribution in [0.1, 0.15) is 64.8 Å². The maximum absolute atomic E-state index is 10.6. The van der Waals surface area contributed by atoms with Gasteiger partial charge in [0.15, 0.2) is 0 Å². The van der Waals surface area contributed by atoms with Crippen molar-refractivity contribution in [3.05, 3.63) is 17.5 Å². The summed E-state index contributed by atoms with van der Waals surface area (Å²) in [5.74, 6) is 1.27. The summed E-state index contributed by atoms with van der Waals surface area (Å²) in [6.45, 7) is 9.15. The van der Waals surface area contributed by atoms with Crippen molar-refractivity contribution in [1.29, 1.82) is 0 Å². The number of aryl methyl sites for hydroxylation is 2. The van der Waals surface area contributed by atoms with Crippen molar-refractivity contribution in [2.45, 2.75) is 72.3 Å². The minimum atomic E-state index is -0.217. The molecule has 1 aromatic rings. The van der Waals surface area contributed by atoms with Crippen LogP contribution < -0.4 is 0 Å². The lowest BCUT2D eigenvalue weighted by atomic mass is 9.68. The highest BCUT2D eigenvalue weighted by molar-refractivity contribution is 5.11. The van der Waals surface area contributed by atoms with Gasteiger partial charge in [-0.1, -0.05) is 27.7 Å². The molecule has 0 saturated heterocycles. The third kappa shape index (κ3) is 4.09.